The minimum Gasteiger partial charge on any atom is -0.264 e. The molecule has 3 aromatic heterocycles. The van der Waals surface area contributed by atoms with Crippen LogP contribution in [0.25, 0.3) is 5.00 Å². The molecule has 30 heavy (non-hydrogen) atoms. The Labute approximate surface area is 183 Å². The lowest BCUT2D eigenvalue weighted by Gasteiger charge is -2.18. The fourth-order valence-electron chi connectivity index (χ4n) is 3.63. The summed E-state index contributed by atoms with van der Waals surface area (Å²) in [6.45, 7) is 6.78. The van der Waals surface area contributed by atoms with Crippen LogP contribution < -0.4 is 5.01 Å². The Balaban J connectivity index is 1.78. The molecule has 4 heterocycles. The van der Waals surface area contributed by atoms with Crippen molar-refractivity contribution in [3.05, 3.63) is 86.8 Å². The summed E-state index contributed by atoms with van der Waals surface area (Å²) >= 11 is 8.07. The highest BCUT2D eigenvalue weighted by atomic mass is 35.5. The van der Waals surface area contributed by atoms with Gasteiger partial charge in [-0.15, -0.1) is 21.5 Å². The van der Waals surface area contributed by atoms with Gasteiger partial charge in [-0.2, -0.15) is 5.10 Å². The second-order valence-electron chi connectivity index (χ2n) is 7.22. The lowest BCUT2D eigenvalue weighted by molar-refractivity contribution is 0.795. The zero-order valence-corrected chi connectivity index (χ0v) is 18.4. The molecule has 8 heteroatoms. The van der Waals surface area contributed by atoms with Crippen LogP contribution in [0, 0.1) is 20.8 Å². The van der Waals surface area contributed by atoms with Gasteiger partial charge in [0.2, 0.25) is 0 Å². The number of rotatable bonds is 3. The summed E-state index contributed by atoms with van der Waals surface area (Å²) in [5, 5.41) is 17.6. The first-order chi connectivity index (χ1) is 14.5. The van der Waals surface area contributed by atoms with Gasteiger partial charge in [0.05, 0.1) is 6.54 Å². The van der Waals surface area contributed by atoms with Crippen LogP contribution in [0.2, 0.25) is 5.02 Å². The summed E-state index contributed by atoms with van der Waals surface area (Å²) in [6.07, 6.45) is 3.61. The van der Waals surface area contributed by atoms with Gasteiger partial charge in [0.15, 0.2) is 0 Å². The predicted molar refractivity (Wildman–Crippen MR) is 121 cm³/mol. The standard InChI is InChI=1S/C22H19ClN6S/c1-13-14(2)30-21-19(13)20(17-7-4-8-18(23)10-17)27-28(12-16-6-5-9-24-11-16)22-26-25-15(3)29(21)22/h4-11H,12H2,1-3H3. The topological polar surface area (TPSA) is 59.2 Å². The molecule has 0 fully saturated rings. The van der Waals surface area contributed by atoms with Crippen molar-refractivity contribution in [1.29, 1.82) is 0 Å². The Kier molecular flexibility index (Phi) is 4.64. The number of benzene rings is 1. The average Bonchev–Trinajstić information content (AvgIpc) is 3.21. The number of aryl methyl sites for hydroxylation is 2. The lowest BCUT2D eigenvalue weighted by atomic mass is 10.00. The molecule has 0 bridgehead atoms. The van der Waals surface area contributed by atoms with Crippen molar-refractivity contribution in [3.63, 3.8) is 0 Å². The number of halogens is 1. The monoisotopic (exact) mass is 434 g/mol. The zero-order valence-electron chi connectivity index (χ0n) is 16.8. The van der Waals surface area contributed by atoms with E-state index in [9.17, 15) is 0 Å². The number of fused-ring (bicyclic) bond motifs is 3. The smallest absolute Gasteiger partial charge is 0.253 e. The fraction of sp³-hybridized carbons (Fsp3) is 0.182. The molecule has 150 valence electrons. The SMILES string of the molecule is Cc1sc2c(c1C)C(c1cccc(Cl)c1)=NN(Cc1cccnc1)c1nnc(C)n1-2. The number of hydrogen-bond donors (Lipinski definition) is 0. The number of thiophene rings is 1. The molecule has 1 aromatic carbocycles. The Hall–Kier alpha value is -3.03. The molecule has 4 aromatic rings. The molecule has 0 saturated heterocycles. The first-order valence-corrected chi connectivity index (χ1v) is 10.8. The van der Waals surface area contributed by atoms with E-state index in [1.54, 1.807) is 17.5 Å². The first kappa shape index (κ1) is 19.0. The number of nitrogens with zero attached hydrogens (tertiary/aromatic N) is 6. The van der Waals surface area contributed by atoms with Crippen LogP contribution in [-0.4, -0.2) is 25.5 Å². The third kappa shape index (κ3) is 3.11. The summed E-state index contributed by atoms with van der Waals surface area (Å²) in [6, 6.07) is 11.8. The summed E-state index contributed by atoms with van der Waals surface area (Å²) in [4.78, 5) is 5.49. The van der Waals surface area contributed by atoms with Crippen LogP contribution in [0.3, 0.4) is 0 Å². The van der Waals surface area contributed by atoms with Crippen molar-refractivity contribution in [1.82, 2.24) is 19.7 Å². The summed E-state index contributed by atoms with van der Waals surface area (Å²) in [5.74, 6) is 1.52. The largest absolute Gasteiger partial charge is 0.264 e. The number of anilines is 1. The van der Waals surface area contributed by atoms with E-state index >= 15 is 0 Å². The van der Waals surface area contributed by atoms with E-state index in [0.29, 0.717) is 17.5 Å². The van der Waals surface area contributed by atoms with E-state index in [0.717, 1.165) is 33.2 Å². The molecule has 0 radical (unpaired) electrons. The molecule has 0 spiro atoms. The maximum Gasteiger partial charge on any atom is 0.253 e. The Morgan fingerprint density at radius 1 is 1.07 bits per heavy atom. The van der Waals surface area contributed by atoms with Crippen LogP contribution in [0.15, 0.2) is 53.9 Å². The molecule has 1 aliphatic rings. The van der Waals surface area contributed by atoms with Gasteiger partial charge in [0.25, 0.3) is 5.95 Å². The summed E-state index contributed by atoms with van der Waals surface area (Å²) < 4.78 is 2.09. The van der Waals surface area contributed by atoms with Crippen LogP contribution in [0.4, 0.5) is 5.95 Å². The minimum absolute atomic E-state index is 0.531. The molecular formula is C22H19ClN6S. The van der Waals surface area contributed by atoms with Crippen molar-refractivity contribution in [2.45, 2.75) is 27.3 Å². The van der Waals surface area contributed by atoms with Gasteiger partial charge in [-0.25, -0.2) is 5.01 Å². The molecule has 6 nitrogen and oxygen atoms in total. The number of hydrogen-bond acceptors (Lipinski definition) is 6. The molecule has 0 amide bonds. The highest BCUT2D eigenvalue weighted by Gasteiger charge is 2.30. The van der Waals surface area contributed by atoms with Crippen molar-refractivity contribution in [3.8, 4) is 5.00 Å². The van der Waals surface area contributed by atoms with E-state index in [2.05, 4.69) is 33.6 Å². The molecular weight excluding hydrogens is 416 g/mol. The normalized spacial score (nSPS) is 12.9. The van der Waals surface area contributed by atoms with Gasteiger partial charge < -0.3 is 0 Å². The summed E-state index contributed by atoms with van der Waals surface area (Å²) in [7, 11) is 0. The van der Waals surface area contributed by atoms with Gasteiger partial charge in [-0.3, -0.25) is 9.55 Å². The Morgan fingerprint density at radius 3 is 2.70 bits per heavy atom. The van der Waals surface area contributed by atoms with E-state index < -0.39 is 0 Å². The van der Waals surface area contributed by atoms with Gasteiger partial charge >= 0.3 is 0 Å². The Bertz CT molecular complexity index is 1270. The highest BCUT2D eigenvalue weighted by molar-refractivity contribution is 7.15. The van der Waals surface area contributed by atoms with Gasteiger partial charge in [0.1, 0.15) is 16.5 Å². The van der Waals surface area contributed by atoms with Crippen LogP contribution in [-0.2, 0) is 6.54 Å². The maximum absolute atomic E-state index is 6.33. The number of hydrazone groups is 1. The van der Waals surface area contributed by atoms with Crippen LogP contribution >= 0.6 is 22.9 Å². The first-order valence-electron chi connectivity index (χ1n) is 9.56. The van der Waals surface area contributed by atoms with Crippen molar-refractivity contribution in [2.24, 2.45) is 5.10 Å². The van der Waals surface area contributed by atoms with Crippen LogP contribution in [0.1, 0.15) is 33.0 Å². The minimum atomic E-state index is 0.531. The van der Waals surface area contributed by atoms with E-state index in [4.69, 9.17) is 16.7 Å². The van der Waals surface area contributed by atoms with Gasteiger partial charge in [-0.05, 0) is 50.1 Å². The van der Waals surface area contributed by atoms with Crippen LogP contribution in [0.5, 0.6) is 0 Å². The third-order valence-corrected chi connectivity index (χ3v) is 6.65. The van der Waals surface area contributed by atoms with E-state index in [1.165, 1.54) is 10.4 Å². The highest BCUT2D eigenvalue weighted by Crippen LogP contribution is 2.38. The maximum atomic E-state index is 6.33. The number of pyridine rings is 1. The van der Waals surface area contributed by atoms with Crippen molar-refractivity contribution < 1.29 is 0 Å². The molecule has 1 aliphatic heterocycles. The summed E-state index contributed by atoms with van der Waals surface area (Å²) in [5.41, 5.74) is 5.19. The Morgan fingerprint density at radius 2 is 1.93 bits per heavy atom. The van der Waals surface area contributed by atoms with Crippen molar-refractivity contribution >= 4 is 34.6 Å². The molecule has 0 saturated carbocycles. The second-order valence-corrected chi connectivity index (χ2v) is 8.86. The number of aromatic nitrogens is 4. The predicted octanol–water partition coefficient (Wildman–Crippen LogP) is 5.08. The van der Waals surface area contributed by atoms with Gasteiger partial charge in [0, 0.05) is 33.4 Å². The molecule has 5 rings (SSSR count). The molecule has 0 atom stereocenters. The zero-order chi connectivity index (χ0) is 20.8. The van der Waals surface area contributed by atoms with Crippen molar-refractivity contribution in [2.75, 3.05) is 5.01 Å². The molecule has 0 aliphatic carbocycles. The van der Waals surface area contributed by atoms with E-state index in [1.807, 2.05) is 54.5 Å². The quantitative estimate of drug-likeness (QED) is 0.451. The fourth-order valence-corrected chi connectivity index (χ4v) is 5.02. The van der Waals surface area contributed by atoms with E-state index in [-0.39, 0.29) is 0 Å². The second kappa shape index (κ2) is 7.34. The van der Waals surface area contributed by atoms with Gasteiger partial charge in [-0.1, -0.05) is 29.8 Å². The molecule has 0 N–H and O–H groups in total. The average molecular weight is 435 g/mol. The molecule has 0 unspecified atom stereocenters. The third-order valence-electron chi connectivity index (χ3n) is 5.22. The lowest BCUT2D eigenvalue weighted by Crippen LogP contribution is -2.20.